The molecule has 0 saturated carbocycles. The zero-order chi connectivity index (χ0) is 14.5. The van der Waals surface area contributed by atoms with Crippen LogP contribution in [0.15, 0.2) is 48.8 Å². The molecule has 1 aromatic heterocycles. The van der Waals surface area contributed by atoms with Crippen LogP contribution in [-0.2, 0) is 0 Å². The van der Waals surface area contributed by atoms with Crippen LogP contribution >= 0.6 is 0 Å². The molecule has 0 fully saturated rings. The van der Waals surface area contributed by atoms with Gasteiger partial charge in [-0.1, -0.05) is 12.1 Å². The minimum Gasteiger partial charge on any atom is -0.365 e. The van der Waals surface area contributed by atoms with Gasteiger partial charge in [0.15, 0.2) is 0 Å². The number of pyridine rings is 1. The fourth-order valence-electron chi connectivity index (χ4n) is 2.47. The van der Waals surface area contributed by atoms with E-state index in [9.17, 15) is 5.26 Å². The summed E-state index contributed by atoms with van der Waals surface area (Å²) in [6.45, 7) is 1.97. The van der Waals surface area contributed by atoms with Gasteiger partial charge in [-0.05, 0) is 36.8 Å². The van der Waals surface area contributed by atoms with Gasteiger partial charge in [0.05, 0.1) is 17.3 Å². The number of likely N-dealkylation sites (N-methyl/N-ethyl adjacent to an activating group) is 1. The van der Waals surface area contributed by atoms with E-state index < -0.39 is 0 Å². The van der Waals surface area contributed by atoms with Crippen molar-refractivity contribution in [3.8, 4) is 6.07 Å². The maximum atomic E-state index is 9.24. The fraction of sp³-hybridized carbons (Fsp3) is 0.250. The van der Waals surface area contributed by atoms with Gasteiger partial charge in [0, 0.05) is 25.5 Å². The normalized spacial score (nSPS) is 13.3. The molecular formula is C16H18N4. The minimum atomic E-state index is -0.0749. The van der Waals surface area contributed by atoms with Crippen molar-refractivity contribution >= 4 is 5.69 Å². The van der Waals surface area contributed by atoms with Crippen LogP contribution in [0.3, 0.4) is 0 Å². The van der Waals surface area contributed by atoms with Crippen LogP contribution < -0.4 is 10.6 Å². The monoisotopic (exact) mass is 266 g/mol. The van der Waals surface area contributed by atoms with E-state index in [0.717, 1.165) is 11.3 Å². The molecule has 0 aliphatic heterocycles. The third-order valence-corrected chi connectivity index (χ3v) is 3.37. The number of nitriles is 1. The first-order valence-electron chi connectivity index (χ1n) is 6.52. The molecule has 0 saturated heterocycles. The van der Waals surface area contributed by atoms with Gasteiger partial charge < -0.3 is 10.6 Å². The van der Waals surface area contributed by atoms with Gasteiger partial charge in [-0.2, -0.15) is 5.26 Å². The Labute approximate surface area is 119 Å². The largest absolute Gasteiger partial charge is 0.365 e. The lowest BCUT2D eigenvalue weighted by atomic mass is 9.99. The highest BCUT2D eigenvalue weighted by molar-refractivity contribution is 5.60. The number of hydrogen-bond acceptors (Lipinski definition) is 4. The van der Waals surface area contributed by atoms with Gasteiger partial charge in [-0.15, -0.1) is 0 Å². The van der Waals surface area contributed by atoms with Crippen LogP contribution in [0.5, 0.6) is 0 Å². The molecule has 4 nitrogen and oxygen atoms in total. The van der Waals surface area contributed by atoms with Crippen molar-refractivity contribution in [1.29, 1.82) is 5.26 Å². The van der Waals surface area contributed by atoms with E-state index >= 15 is 0 Å². The third kappa shape index (κ3) is 2.79. The fourth-order valence-corrected chi connectivity index (χ4v) is 2.47. The quantitative estimate of drug-likeness (QED) is 0.923. The Morgan fingerprint density at radius 1 is 1.20 bits per heavy atom. The smallest absolute Gasteiger partial charge is 0.101 e. The highest BCUT2D eigenvalue weighted by Gasteiger charge is 2.23. The molecule has 0 radical (unpaired) electrons. The number of para-hydroxylation sites is 1. The Hall–Kier alpha value is -2.38. The van der Waals surface area contributed by atoms with Crippen LogP contribution in [-0.4, -0.2) is 18.1 Å². The maximum absolute atomic E-state index is 9.24. The summed E-state index contributed by atoms with van der Waals surface area (Å²) in [6, 6.07) is 13.6. The Morgan fingerprint density at radius 3 is 2.45 bits per heavy atom. The number of aromatic nitrogens is 1. The number of benzene rings is 1. The summed E-state index contributed by atoms with van der Waals surface area (Å²) < 4.78 is 0. The number of rotatable bonds is 4. The van der Waals surface area contributed by atoms with Crippen molar-refractivity contribution in [3.05, 3.63) is 59.9 Å². The van der Waals surface area contributed by atoms with E-state index in [1.807, 2.05) is 50.4 Å². The molecule has 2 unspecified atom stereocenters. The van der Waals surface area contributed by atoms with E-state index in [2.05, 4.69) is 16.0 Å². The standard InChI is InChI=1S/C16H18N4/c1-12(18)16(13-7-9-19-10-8-13)20(2)15-6-4-3-5-14(15)11-17/h3-10,12,16H,18H2,1-2H3. The first kappa shape index (κ1) is 14.0. The van der Waals surface area contributed by atoms with Gasteiger partial charge in [0.2, 0.25) is 0 Å². The molecule has 0 aliphatic rings. The number of nitrogens with two attached hydrogens (primary N) is 1. The van der Waals surface area contributed by atoms with Gasteiger partial charge >= 0.3 is 0 Å². The Balaban J connectivity index is 2.43. The lowest BCUT2D eigenvalue weighted by Gasteiger charge is -2.33. The zero-order valence-electron chi connectivity index (χ0n) is 11.7. The zero-order valence-corrected chi connectivity index (χ0v) is 11.7. The molecule has 0 amide bonds. The molecule has 102 valence electrons. The molecule has 0 spiro atoms. The third-order valence-electron chi connectivity index (χ3n) is 3.37. The van der Waals surface area contributed by atoms with E-state index in [1.165, 1.54) is 0 Å². The summed E-state index contributed by atoms with van der Waals surface area (Å²) in [7, 11) is 1.96. The average molecular weight is 266 g/mol. The van der Waals surface area contributed by atoms with Crippen molar-refractivity contribution in [3.63, 3.8) is 0 Å². The minimum absolute atomic E-state index is 0.00694. The summed E-state index contributed by atoms with van der Waals surface area (Å²) >= 11 is 0. The Morgan fingerprint density at radius 2 is 1.85 bits per heavy atom. The lowest BCUT2D eigenvalue weighted by Crippen LogP contribution is -2.37. The topological polar surface area (TPSA) is 65.9 Å². The second-order valence-corrected chi connectivity index (χ2v) is 4.82. The van der Waals surface area contributed by atoms with Crippen molar-refractivity contribution in [1.82, 2.24) is 4.98 Å². The number of hydrogen-bond donors (Lipinski definition) is 1. The molecule has 2 atom stereocenters. The molecular weight excluding hydrogens is 248 g/mol. The number of nitrogens with zero attached hydrogens (tertiary/aromatic N) is 3. The van der Waals surface area contributed by atoms with Gasteiger partial charge in [0.1, 0.15) is 6.07 Å². The van der Waals surface area contributed by atoms with Crippen molar-refractivity contribution in [2.45, 2.75) is 19.0 Å². The molecule has 4 heteroatoms. The lowest BCUT2D eigenvalue weighted by molar-refractivity contribution is 0.558. The first-order valence-corrected chi connectivity index (χ1v) is 6.52. The Kier molecular flexibility index (Phi) is 4.34. The molecule has 0 bridgehead atoms. The maximum Gasteiger partial charge on any atom is 0.101 e. The molecule has 1 aromatic carbocycles. The molecule has 2 rings (SSSR count). The molecule has 1 heterocycles. The molecule has 2 N–H and O–H groups in total. The molecule has 20 heavy (non-hydrogen) atoms. The van der Waals surface area contributed by atoms with Crippen LogP contribution in [0.4, 0.5) is 5.69 Å². The second-order valence-electron chi connectivity index (χ2n) is 4.82. The van der Waals surface area contributed by atoms with Crippen molar-refractivity contribution in [2.24, 2.45) is 5.73 Å². The van der Waals surface area contributed by atoms with E-state index in [-0.39, 0.29) is 12.1 Å². The van der Waals surface area contributed by atoms with E-state index in [4.69, 9.17) is 5.73 Å². The summed E-state index contributed by atoms with van der Waals surface area (Å²) in [5.74, 6) is 0. The van der Waals surface area contributed by atoms with Crippen LogP contribution in [0.1, 0.15) is 24.1 Å². The first-order chi connectivity index (χ1) is 9.65. The highest BCUT2D eigenvalue weighted by atomic mass is 15.2. The van der Waals surface area contributed by atoms with E-state index in [0.29, 0.717) is 5.56 Å². The highest BCUT2D eigenvalue weighted by Crippen LogP contribution is 2.29. The SMILES string of the molecule is CC(N)C(c1ccncc1)N(C)c1ccccc1C#N. The Bertz CT molecular complexity index is 601. The van der Waals surface area contributed by atoms with Crippen LogP contribution in [0.25, 0.3) is 0 Å². The molecule has 2 aromatic rings. The summed E-state index contributed by atoms with van der Waals surface area (Å²) in [6.07, 6.45) is 3.52. The van der Waals surface area contributed by atoms with E-state index in [1.54, 1.807) is 12.4 Å². The summed E-state index contributed by atoms with van der Waals surface area (Å²) in [5, 5.41) is 9.24. The summed E-state index contributed by atoms with van der Waals surface area (Å²) in [5.41, 5.74) is 8.77. The second kappa shape index (κ2) is 6.18. The summed E-state index contributed by atoms with van der Waals surface area (Å²) in [4.78, 5) is 6.10. The number of anilines is 1. The van der Waals surface area contributed by atoms with Gasteiger partial charge in [0.25, 0.3) is 0 Å². The van der Waals surface area contributed by atoms with Crippen LogP contribution in [0.2, 0.25) is 0 Å². The van der Waals surface area contributed by atoms with Gasteiger partial charge in [-0.3, -0.25) is 4.98 Å². The van der Waals surface area contributed by atoms with Crippen molar-refractivity contribution in [2.75, 3.05) is 11.9 Å². The predicted octanol–water partition coefficient (Wildman–Crippen LogP) is 2.48. The van der Waals surface area contributed by atoms with Gasteiger partial charge in [-0.25, -0.2) is 0 Å². The van der Waals surface area contributed by atoms with Crippen molar-refractivity contribution < 1.29 is 0 Å². The predicted molar refractivity (Wildman–Crippen MR) is 80.2 cm³/mol. The molecule has 0 aliphatic carbocycles. The van der Waals surface area contributed by atoms with Crippen LogP contribution in [0, 0.1) is 11.3 Å². The average Bonchev–Trinajstić information content (AvgIpc) is 2.48.